The average molecular weight is 622 g/mol. The van der Waals surface area contributed by atoms with Crippen LogP contribution in [0, 0.1) is 5.41 Å². The maximum atomic E-state index is 13.2. The smallest absolute Gasteiger partial charge is 0.323 e. The molecule has 2 aromatic carbocycles. The number of rotatable bonds is 11. The molecule has 1 aliphatic rings. The van der Waals surface area contributed by atoms with Gasteiger partial charge in [0.1, 0.15) is 17.7 Å². The number of nitrogens with two attached hydrogens (primary N) is 1. The Morgan fingerprint density at radius 3 is 2.51 bits per heavy atom. The lowest BCUT2D eigenvalue weighted by Gasteiger charge is -2.30. The van der Waals surface area contributed by atoms with Crippen molar-refractivity contribution < 1.29 is 22.7 Å². The topological polar surface area (TPSA) is 126 Å². The predicted molar refractivity (Wildman–Crippen MR) is 161 cm³/mol. The number of hydrogen-bond donors (Lipinski definition) is 2. The number of halogens is 3. The highest BCUT2D eigenvalue weighted by atomic mass is 35.5. The predicted octanol–water partition coefficient (Wildman–Crippen LogP) is 4.35. The van der Waals surface area contributed by atoms with Crippen LogP contribution in [-0.4, -0.2) is 70.3 Å². The van der Waals surface area contributed by atoms with Crippen LogP contribution in [0.3, 0.4) is 0 Å². The van der Waals surface area contributed by atoms with E-state index in [-0.39, 0.29) is 54.9 Å². The van der Waals surface area contributed by atoms with E-state index in [2.05, 4.69) is 11.9 Å². The molecule has 9 nitrogen and oxygen atoms in total. The fourth-order valence-corrected chi connectivity index (χ4v) is 5.43. The van der Waals surface area contributed by atoms with Crippen LogP contribution in [0.1, 0.15) is 30.9 Å². The maximum Gasteiger partial charge on any atom is 0.323 e. The van der Waals surface area contributed by atoms with Crippen LogP contribution >= 0.6 is 36.4 Å². The lowest BCUT2D eigenvalue weighted by Crippen LogP contribution is -2.36. The van der Waals surface area contributed by atoms with E-state index < -0.39 is 21.7 Å². The second-order valence-corrected chi connectivity index (χ2v) is 11.1. The molecule has 0 spiro atoms. The Kier molecular flexibility index (Phi) is 14.1. The van der Waals surface area contributed by atoms with Gasteiger partial charge in [0.05, 0.1) is 23.9 Å². The van der Waals surface area contributed by atoms with E-state index in [1.54, 1.807) is 49.4 Å². The zero-order valence-corrected chi connectivity index (χ0v) is 25.0. The molecule has 1 heterocycles. The van der Waals surface area contributed by atoms with Crippen molar-refractivity contribution >= 4 is 70.0 Å². The Morgan fingerprint density at radius 1 is 1.21 bits per heavy atom. The molecule has 0 unspecified atom stereocenters. The molecule has 0 atom stereocenters. The van der Waals surface area contributed by atoms with Crippen LogP contribution < -0.4 is 14.8 Å². The van der Waals surface area contributed by atoms with Gasteiger partial charge in [-0.3, -0.25) is 14.5 Å². The third kappa shape index (κ3) is 10.2. The third-order valence-corrected chi connectivity index (χ3v) is 7.81. The number of nitrogens with zero attached hydrogens (tertiary/aromatic N) is 2. The first kappa shape index (κ1) is 34.5. The van der Waals surface area contributed by atoms with E-state index in [0.717, 1.165) is 35.8 Å². The number of ether oxygens (including phenoxy) is 2. The zero-order chi connectivity index (χ0) is 27.0. The summed E-state index contributed by atoms with van der Waals surface area (Å²) in [5.41, 5.74) is 7.16. The number of anilines is 1. The van der Waals surface area contributed by atoms with Gasteiger partial charge in [-0.25, -0.2) is 8.42 Å². The maximum absolute atomic E-state index is 13.2. The van der Waals surface area contributed by atoms with E-state index in [1.165, 1.54) is 6.07 Å². The highest BCUT2D eigenvalue weighted by Gasteiger charge is 2.27. The second kappa shape index (κ2) is 15.9. The summed E-state index contributed by atoms with van der Waals surface area (Å²) in [5.74, 6) is -1.22. The van der Waals surface area contributed by atoms with Gasteiger partial charge in [-0.2, -0.15) is 0 Å². The largest absolute Gasteiger partial charge is 0.489 e. The number of sulfonamides is 1. The molecular formula is C26H35Cl3N4O5S. The third-order valence-electron chi connectivity index (χ3n) is 5.88. The minimum absolute atomic E-state index is 0. The lowest BCUT2D eigenvalue weighted by atomic mass is 10.1. The molecule has 2 aromatic rings. The van der Waals surface area contributed by atoms with Crippen LogP contribution in [0.4, 0.5) is 5.69 Å². The number of carbonyl (C=O) groups excluding carboxylic acids is 1. The van der Waals surface area contributed by atoms with E-state index in [1.807, 2.05) is 6.07 Å². The molecule has 0 saturated carbocycles. The Morgan fingerprint density at radius 2 is 1.90 bits per heavy atom. The summed E-state index contributed by atoms with van der Waals surface area (Å²) in [7, 11) is -2.02. The minimum atomic E-state index is -4.09. The Hall–Kier alpha value is -2.50. The second-order valence-electron chi connectivity index (χ2n) is 8.77. The minimum Gasteiger partial charge on any atom is -0.489 e. The van der Waals surface area contributed by atoms with Gasteiger partial charge in [0, 0.05) is 18.7 Å². The summed E-state index contributed by atoms with van der Waals surface area (Å²) < 4.78 is 38.5. The molecule has 3 N–H and O–H groups in total. The van der Waals surface area contributed by atoms with Gasteiger partial charge in [-0.1, -0.05) is 42.0 Å². The van der Waals surface area contributed by atoms with Gasteiger partial charge in [-0.15, -0.1) is 24.8 Å². The lowest BCUT2D eigenvalue weighted by molar-refractivity contribution is -0.139. The number of esters is 1. The zero-order valence-electron chi connectivity index (χ0n) is 21.8. The van der Waals surface area contributed by atoms with Crippen molar-refractivity contribution in [3.8, 4) is 5.75 Å². The molecule has 216 valence electrons. The molecule has 1 fully saturated rings. The average Bonchev–Trinajstić information content (AvgIpc) is 2.84. The van der Waals surface area contributed by atoms with Gasteiger partial charge in [-0.05, 0) is 56.6 Å². The summed E-state index contributed by atoms with van der Waals surface area (Å²) >= 11 is 6.51. The Labute approximate surface area is 247 Å². The molecule has 3 rings (SSSR count). The van der Waals surface area contributed by atoms with Gasteiger partial charge in [0.25, 0.3) is 0 Å². The van der Waals surface area contributed by atoms with Gasteiger partial charge in [0.2, 0.25) is 10.0 Å². The standard InChI is InChI=1S/C26H33ClN4O5S.2ClH/c1-3-35-25(32)18-37(33,34)31(13-5-7-19-6-4-8-20(16-19)26(28)29)21-9-10-24(23(27)17-21)36-22-11-14-30(2)15-12-22;;/h4-10,16-17,22H,3,11-15,18H2,1-2H3,(H3,28,29);2*1H/b7-5+;;. The SMILES string of the molecule is CCOC(=O)CS(=O)(=O)N(C/C=C/c1cccc(C(=N)N)c1)c1ccc(OC2CCN(C)CC2)c(Cl)c1.Cl.Cl. The van der Waals surface area contributed by atoms with Crippen LogP contribution in [0.5, 0.6) is 5.75 Å². The quantitative estimate of drug-likeness (QED) is 0.217. The monoisotopic (exact) mass is 620 g/mol. The normalized spacial score (nSPS) is 14.2. The molecule has 13 heteroatoms. The van der Waals surface area contributed by atoms with Gasteiger partial charge in [0.15, 0.2) is 5.75 Å². The molecule has 0 aliphatic carbocycles. The summed E-state index contributed by atoms with van der Waals surface area (Å²) in [6, 6.07) is 11.8. The molecule has 0 radical (unpaired) electrons. The van der Waals surface area contributed by atoms with Crippen molar-refractivity contribution in [1.29, 1.82) is 5.41 Å². The van der Waals surface area contributed by atoms with Crippen LogP contribution in [0.15, 0.2) is 48.5 Å². The van der Waals surface area contributed by atoms with E-state index >= 15 is 0 Å². The fraction of sp³-hybridized carbons (Fsp3) is 0.385. The number of nitrogen functional groups attached to an aromatic ring is 1. The summed E-state index contributed by atoms with van der Waals surface area (Å²) in [5, 5.41) is 7.88. The summed E-state index contributed by atoms with van der Waals surface area (Å²) in [6.07, 6.45) is 5.17. The van der Waals surface area contributed by atoms with Crippen molar-refractivity contribution in [1.82, 2.24) is 4.90 Å². The first-order valence-corrected chi connectivity index (χ1v) is 14.0. The van der Waals surface area contributed by atoms with E-state index in [0.29, 0.717) is 17.0 Å². The summed E-state index contributed by atoms with van der Waals surface area (Å²) in [6.45, 7) is 3.50. The number of carbonyl (C=O) groups is 1. The number of piperidine rings is 1. The molecule has 39 heavy (non-hydrogen) atoms. The first-order chi connectivity index (χ1) is 17.6. The van der Waals surface area contributed by atoms with Crippen molar-refractivity contribution in [2.45, 2.75) is 25.9 Å². The number of hydrogen-bond acceptors (Lipinski definition) is 7. The number of amidine groups is 1. The van der Waals surface area contributed by atoms with Crippen molar-refractivity contribution in [3.63, 3.8) is 0 Å². The first-order valence-electron chi connectivity index (χ1n) is 12.0. The van der Waals surface area contributed by atoms with Crippen molar-refractivity contribution in [2.24, 2.45) is 5.73 Å². The van der Waals surface area contributed by atoms with Gasteiger partial charge < -0.3 is 20.1 Å². The molecule has 0 amide bonds. The molecule has 1 saturated heterocycles. The van der Waals surface area contributed by atoms with Crippen molar-refractivity contribution in [3.05, 3.63) is 64.7 Å². The number of likely N-dealkylation sites (tertiary alicyclic amines) is 1. The number of benzene rings is 2. The number of nitrogens with one attached hydrogen (secondary N) is 1. The molecule has 1 aliphatic heterocycles. The fourth-order valence-electron chi connectivity index (χ4n) is 3.93. The highest BCUT2D eigenvalue weighted by molar-refractivity contribution is 7.93. The molecule has 0 bridgehead atoms. The van der Waals surface area contributed by atoms with E-state index in [9.17, 15) is 13.2 Å². The Balaban J connectivity index is 0.00000380. The Bertz CT molecular complexity index is 1250. The van der Waals surface area contributed by atoms with Crippen molar-refractivity contribution in [2.75, 3.05) is 43.3 Å². The summed E-state index contributed by atoms with van der Waals surface area (Å²) in [4.78, 5) is 14.3. The highest BCUT2D eigenvalue weighted by Crippen LogP contribution is 2.32. The van der Waals surface area contributed by atoms with Crippen LogP contribution in [0.25, 0.3) is 6.08 Å². The van der Waals surface area contributed by atoms with Crippen LogP contribution in [-0.2, 0) is 19.6 Å². The van der Waals surface area contributed by atoms with E-state index in [4.69, 9.17) is 32.2 Å². The molecule has 0 aromatic heterocycles. The van der Waals surface area contributed by atoms with Crippen LogP contribution in [0.2, 0.25) is 5.02 Å². The molecular weight excluding hydrogens is 587 g/mol. The van der Waals surface area contributed by atoms with Gasteiger partial charge >= 0.3 is 5.97 Å².